The van der Waals surface area contributed by atoms with Gasteiger partial charge in [0.1, 0.15) is 11.6 Å². The van der Waals surface area contributed by atoms with Crippen molar-refractivity contribution in [2.75, 3.05) is 0 Å². The van der Waals surface area contributed by atoms with Crippen LogP contribution < -0.4 is 0 Å². The average molecular weight is 440 g/mol. The second-order valence-corrected chi connectivity index (χ2v) is 8.15. The van der Waals surface area contributed by atoms with Crippen molar-refractivity contribution in [2.45, 2.75) is 44.9 Å². The van der Waals surface area contributed by atoms with Gasteiger partial charge in [0, 0.05) is 5.56 Å². The van der Waals surface area contributed by atoms with Gasteiger partial charge in [-0.2, -0.15) is 0 Å². The van der Waals surface area contributed by atoms with Crippen molar-refractivity contribution in [3.63, 3.8) is 0 Å². The van der Waals surface area contributed by atoms with E-state index in [0.29, 0.717) is 18.4 Å². The van der Waals surface area contributed by atoms with Crippen LogP contribution in [0.15, 0.2) is 42.5 Å². The van der Waals surface area contributed by atoms with E-state index in [1.165, 1.54) is 6.07 Å². The molecule has 3 aromatic rings. The van der Waals surface area contributed by atoms with Gasteiger partial charge in [-0.15, -0.1) is 0 Å². The molecule has 0 saturated carbocycles. The molecule has 0 heterocycles. The molecule has 1 aliphatic carbocycles. The van der Waals surface area contributed by atoms with E-state index >= 15 is 0 Å². The van der Waals surface area contributed by atoms with Gasteiger partial charge in [0.2, 0.25) is 0 Å². The van der Waals surface area contributed by atoms with Gasteiger partial charge >= 0.3 is 0 Å². The summed E-state index contributed by atoms with van der Waals surface area (Å²) in [5, 5.41) is 0. The molecule has 0 nitrogen and oxygen atoms in total. The third-order valence-corrected chi connectivity index (χ3v) is 5.89. The zero-order chi connectivity index (χ0) is 22.8. The van der Waals surface area contributed by atoms with Gasteiger partial charge in [0.05, 0.1) is 5.56 Å². The lowest BCUT2D eigenvalue weighted by Crippen LogP contribution is -2.15. The standard InChI is InChI=1S/C27H21F5/c1-2-3-16-5-9-22(24(29)10-16)19-8-7-18-13-20(23(28)15-21(18)14-19)6-4-17-11-25(30)27(32)26(31)12-17/h5,9-13,15,19H,2-3,7-8,14H2,1H3. The third-order valence-electron chi connectivity index (χ3n) is 5.89. The first-order valence-corrected chi connectivity index (χ1v) is 10.6. The zero-order valence-corrected chi connectivity index (χ0v) is 17.5. The van der Waals surface area contributed by atoms with E-state index < -0.39 is 23.3 Å². The molecule has 0 amide bonds. The summed E-state index contributed by atoms with van der Waals surface area (Å²) in [6, 6.07) is 9.96. The Hall–Kier alpha value is -3.13. The highest BCUT2D eigenvalue weighted by Gasteiger charge is 2.24. The molecule has 0 saturated heterocycles. The fraction of sp³-hybridized carbons (Fsp3) is 0.259. The lowest BCUT2D eigenvalue weighted by molar-refractivity contribution is 0.446. The molecule has 3 aromatic carbocycles. The summed E-state index contributed by atoms with van der Waals surface area (Å²) >= 11 is 0. The van der Waals surface area contributed by atoms with E-state index in [2.05, 4.69) is 11.8 Å². The van der Waals surface area contributed by atoms with Gasteiger partial charge in [-0.1, -0.05) is 37.3 Å². The number of rotatable bonds is 3. The molecule has 0 aliphatic heterocycles. The molecule has 0 N–H and O–H groups in total. The summed E-state index contributed by atoms with van der Waals surface area (Å²) in [5.74, 6) is 0.00989. The average Bonchev–Trinajstić information content (AvgIpc) is 2.76. The summed E-state index contributed by atoms with van der Waals surface area (Å²) in [6.45, 7) is 2.05. The van der Waals surface area contributed by atoms with Crippen molar-refractivity contribution in [1.82, 2.24) is 0 Å². The van der Waals surface area contributed by atoms with Crippen LogP contribution in [0.1, 0.15) is 59.1 Å². The van der Waals surface area contributed by atoms with Crippen LogP contribution in [-0.4, -0.2) is 0 Å². The summed E-state index contributed by atoms with van der Waals surface area (Å²) in [5.41, 5.74) is 3.37. The number of fused-ring (bicyclic) bond motifs is 1. The summed E-state index contributed by atoms with van der Waals surface area (Å²) < 4.78 is 69.1. The molecule has 0 radical (unpaired) electrons. The first kappa shape index (κ1) is 22.1. The molecular formula is C27H21F5. The van der Waals surface area contributed by atoms with Crippen LogP contribution in [-0.2, 0) is 19.3 Å². The summed E-state index contributed by atoms with van der Waals surface area (Å²) in [4.78, 5) is 0. The Labute approximate surface area is 184 Å². The molecule has 164 valence electrons. The summed E-state index contributed by atoms with van der Waals surface area (Å²) in [7, 11) is 0. The maximum atomic E-state index is 14.7. The summed E-state index contributed by atoms with van der Waals surface area (Å²) in [6.07, 6.45) is 3.68. The molecule has 1 atom stereocenters. The van der Waals surface area contributed by atoms with Gasteiger partial charge in [-0.3, -0.25) is 0 Å². The number of benzene rings is 3. The minimum absolute atomic E-state index is 0.0281. The highest BCUT2D eigenvalue weighted by molar-refractivity contribution is 5.48. The van der Waals surface area contributed by atoms with Crippen molar-refractivity contribution >= 4 is 0 Å². The van der Waals surface area contributed by atoms with E-state index in [9.17, 15) is 22.0 Å². The van der Waals surface area contributed by atoms with Crippen molar-refractivity contribution in [3.8, 4) is 11.8 Å². The molecule has 1 aliphatic rings. The van der Waals surface area contributed by atoms with Crippen LogP contribution in [0.4, 0.5) is 22.0 Å². The molecule has 0 spiro atoms. The second kappa shape index (κ2) is 9.16. The molecule has 0 bridgehead atoms. The predicted octanol–water partition coefficient (Wildman–Crippen LogP) is 7.01. The SMILES string of the molecule is CCCc1ccc(C2CCc3cc(C#Cc4cc(F)c(F)c(F)c4)c(F)cc3C2)c(F)c1. The highest BCUT2D eigenvalue weighted by Crippen LogP contribution is 2.35. The van der Waals surface area contributed by atoms with Gasteiger partial charge in [0.15, 0.2) is 17.5 Å². The first-order chi connectivity index (χ1) is 15.4. The van der Waals surface area contributed by atoms with E-state index in [-0.39, 0.29) is 22.9 Å². The van der Waals surface area contributed by atoms with Crippen LogP contribution in [0.2, 0.25) is 0 Å². The number of hydrogen-bond donors (Lipinski definition) is 0. The molecule has 32 heavy (non-hydrogen) atoms. The predicted molar refractivity (Wildman–Crippen MR) is 114 cm³/mol. The van der Waals surface area contributed by atoms with E-state index in [1.807, 2.05) is 19.1 Å². The van der Waals surface area contributed by atoms with Crippen molar-refractivity contribution in [3.05, 3.63) is 105 Å². The van der Waals surface area contributed by atoms with E-state index in [4.69, 9.17) is 0 Å². The van der Waals surface area contributed by atoms with Crippen molar-refractivity contribution < 1.29 is 22.0 Å². The molecule has 1 unspecified atom stereocenters. The Bertz CT molecular complexity index is 1210. The topological polar surface area (TPSA) is 0 Å². The molecule has 0 aromatic heterocycles. The fourth-order valence-corrected chi connectivity index (χ4v) is 4.25. The molecule has 0 fully saturated rings. The Kier molecular flexibility index (Phi) is 6.32. The number of hydrogen-bond acceptors (Lipinski definition) is 0. The maximum absolute atomic E-state index is 14.7. The quantitative estimate of drug-likeness (QED) is 0.234. The Morgan fingerprint density at radius 2 is 1.56 bits per heavy atom. The van der Waals surface area contributed by atoms with Crippen LogP contribution in [0.3, 0.4) is 0 Å². The number of aryl methyl sites for hydroxylation is 2. The Morgan fingerprint density at radius 1 is 0.812 bits per heavy atom. The molecular weight excluding hydrogens is 419 g/mol. The monoisotopic (exact) mass is 440 g/mol. The Balaban J connectivity index is 1.57. The lowest BCUT2D eigenvalue weighted by atomic mass is 9.79. The van der Waals surface area contributed by atoms with Crippen LogP contribution in [0.5, 0.6) is 0 Å². The number of halogens is 5. The van der Waals surface area contributed by atoms with Gasteiger partial charge < -0.3 is 0 Å². The smallest absolute Gasteiger partial charge is 0.194 e. The van der Waals surface area contributed by atoms with E-state index in [1.54, 1.807) is 12.1 Å². The van der Waals surface area contributed by atoms with Crippen molar-refractivity contribution in [1.29, 1.82) is 0 Å². The maximum Gasteiger partial charge on any atom is 0.194 e. The fourth-order valence-electron chi connectivity index (χ4n) is 4.25. The zero-order valence-electron chi connectivity index (χ0n) is 17.5. The first-order valence-electron chi connectivity index (χ1n) is 10.6. The molecule has 5 heteroatoms. The van der Waals surface area contributed by atoms with Gasteiger partial charge in [0.25, 0.3) is 0 Å². The van der Waals surface area contributed by atoms with Gasteiger partial charge in [-0.05, 0) is 84.2 Å². The van der Waals surface area contributed by atoms with Crippen LogP contribution in [0.25, 0.3) is 0 Å². The van der Waals surface area contributed by atoms with Crippen LogP contribution in [0, 0.1) is 40.9 Å². The highest BCUT2D eigenvalue weighted by atomic mass is 19.2. The molecule has 4 rings (SSSR count). The van der Waals surface area contributed by atoms with Crippen molar-refractivity contribution in [2.24, 2.45) is 0 Å². The second-order valence-electron chi connectivity index (χ2n) is 8.15. The lowest BCUT2D eigenvalue weighted by Gasteiger charge is -2.26. The third kappa shape index (κ3) is 4.55. The van der Waals surface area contributed by atoms with E-state index in [0.717, 1.165) is 48.1 Å². The van der Waals surface area contributed by atoms with Crippen LogP contribution >= 0.6 is 0 Å². The van der Waals surface area contributed by atoms with Gasteiger partial charge in [-0.25, -0.2) is 22.0 Å². The minimum atomic E-state index is -1.57. The largest absolute Gasteiger partial charge is 0.207 e. The normalized spacial score (nSPS) is 15.1. The minimum Gasteiger partial charge on any atom is -0.207 e. The Morgan fingerprint density at radius 3 is 2.25 bits per heavy atom.